The van der Waals surface area contributed by atoms with E-state index in [0.29, 0.717) is 16.4 Å². The first-order chi connectivity index (χ1) is 9.08. The van der Waals surface area contributed by atoms with E-state index in [-0.39, 0.29) is 19.1 Å². The highest BCUT2D eigenvalue weighted by molar-refractivity contribution is 7.14. The Morgan fingerprint density at radius 1 is 1.47 bits per heavy atom. The fourth-order valence-electron chi connectivity index (χ4n) is 1.31. The monoisotopic (exact) mass is 281 g/mol. The first-order valence-corrected chi connectivity index (χ1v) is 6.50. The van der Waals surface area contributed by atoms with E-state index < -0.39 is 5.97 Å². The number of amides is 1. The molecule has 0 saturated heterocycles. The van der Waals surface area contributed by atoms with Gasteiger partial charge in [-0.1, -0.05) is 11.8 Å². The molecule has 0 aliphatic rings. The largest absolute Gasteiger partial charge is 0.465 e. The van der Waals surface area contributed by atoms with Crippen LogP contribution < -0.4 is 0 Å². The highest BCUT2D eigenvalue weighted by atomic mass is 32.1. The topological polar surface area (TPSA) is 66.8 Å². The molecule has 1 aromatic rings. The summed E-state index contributed by atoms with van der Waals surface area (Å²) in [6.07, 6.45) is 0. The predicted molar refractivity (Wildman–Crippen MR) is 71.9 cm³/mol. The first kappa shape index (κ1) is 15.2. The smallest absolute Gasteiger partial charge is 0.325 e. The van der Waals surface area contributed by atoms with E-state index in [4.69, 9.17) is 9.84 Å². The highest BCUT2D eigenvalue weighted by Crippen LogP contribution is 2.17. The number of hydrogen-bond donors (Lipinski definition) is 1. The minimum absolute atomic E-state index is 0.0811. The van der Waals surface area contributed by atoms with E-state index in [0.717, 1.165) is 0 Å². The van der Waals surface area contributed by atoms with E-state index in [2.05, 4.69) is 11.8 Å². The lowest BCUT2D eigenvalue weighted by atomic mass is 10.4. The van der Waals surface area contributed by atoms with Gasteiger partial charge in [0.1, 0.15) is 13.2 Å². The molecular weight excluding hydrogens is 266 g/mol. The third kappa shape index (κ3) is 4.73. The average molecular weight is 281 g/mol. The number of carbonyl (C=O) groups is 2. The van der Waals surface area contributed by atoms with Crippen molar-refractivity contribution in [3.63, 3.8) is 0 Å². The maximum absolute atomic E-state index is 12.0. The summed E-state index contributed by atoms with van der Waals surface area (Å²) in [7, 11) is 1.54. The number of esters is 1. The van der Waals surface area contributed by atoms with Crippen molar-refractivity contribution in [2.45, 2.75) is 6.92 Å². The molecule has 0 spiro atoms. The van der Waals surface area contributed by atoms with Crippen molar-refractivity contribution in [2.24, 2.45) is 0 Å². The molecule has 1 aromatic heterocycles. The Balaban J connectivity index is 2.66. The second-order valence-electron chi connectivity index (χ2n) is 3.59. The molecule has 1 amide bonds. The van der Waals surface area contributed by atoms with Crippen LogP contribution in [-0.2, 0) is 9.53 Å². The molecule has 0 saturated carbocycles. The number of nitrogens with zero attached hydrogens (tertiary/aromatic N) is 1. The van der Waals surface area contributed by atoms with Crippen LogP contribution >= 0.6 is 11.3 Å². The summed E-state index contributed by atoms with van der Waals surface area (Å²) >= 11 is 1.22. The summed E-state index contributed by atoms with van der Waals surface area (Å²) in [5.41, 5.74) is 0. The Bertz CT molecular complexity index is 512. The van der Waals surface area contributed by atoms with Crippen molar-refractivity contribution in [1.82, 2.24) is 4.90 Å². The van der Waals surface area contributed by atoms with Crippen LogP contribution in [0.15, 0.2) is 12.1 Å². The van der Waals surface area contributed by atoms with Gasteiger partial charge in [0.15, 0.2) is 0 Å². The maximum atomic E-state index is 12.0. The molecule has 1 rings (SSSR count). The number of ether oxygens (including phenoxy) is 1. The fourth-order valence-corrected chi connectivity index (χ4v) is 2.18. The quantitative estimate of drug-likeness (QED) is 0.652. The molecule has 0 aromatic carbocycles. The van der Waals surface area contributed by atoms with Gasteiger partial charge in [-0.2, -0.15) is 0 Å². The SMILES string of the molecule is CCOC(=O)CN(C)C(=O)c1ccc(C#CCO)s1. The van der Waals surface area contributed by atoms with Crippen LogP contribution in [0.2, 0.25) is 0 Å². The van der Waals surface area contributed by atoms with Gasteiger partial charge in [-0.15, -0.1) is 11.3 Å². The van der Waals surface area contributed by atoms with Gasteiger partial charge in [0.2, 0.25) is 0 Å². The molecule has 0 unspecified atom stereocenters. The predicted octanol–water partition coefficient (Wildman–Crippen LogP) is 0.727. The molecular formula is C13H15NO4S. The van der Waals surface area contributed by atoms with Crippen LogP contribution in [-0.4, -0.2) is 48.7 Å². The number of aliphatic hydroxyl groups is 1. The number of aliphatic hydroxyl groups excluding tert-OH is 1. The van der Waals surface area contributed by atoms with Gasteiger partial charge in [0.25, 0.3) is 5.91 Å². The Morgan fingerprint density at radius 2 is 2.21 bits per heavy atom. The van der Waals surface area contributed by atoms with Crippen molar-refractivity contribution in [1.29, 1.82) is 0 Å². The van der Waals surface area contributed by atoms with Gasteiger partial charge < -0.3 is 14.7 Å². The van der Waals surface area contributed by atoms with E-state index in [1.165, 1.54) is 23.3 Å². The highest BCUT2D eigenvalue weighted by Gasteiger charge is 2.17. The van der Waals surface area contributed by atoms with Crippen LogP contribution in [0, 0.1) is 11.8 Å². The van der Waals surface area contributed by atoms with Crippen molar-refractivity contribution in [2.75, 3.05) is 26.8 Å². The molecule has 0 aliphatic heterocycles. The van der Waals surface area contributed by atoms with Crippen LogP contribution in [0.4, 0.5) is 0 Å². The zero-order valence-electron chi connectivity index (χ0n) is 10.8. The normalized spacial score (nSPS) is 9.42. The first-order valence-electron chi connectivity index (χ1n) is 5.69. The summed E-state index contributed by atoms with van der Waals surface area (Å²) in [5.74, 6) is 4.55. The molecule has 0 aliphatic carbocycles. The van der Waals surface area contributed by atoms with E-state index in [1.54, 1.807) is 19.1 Å². The molecule has 0 radical (unpaired) electrons. The van der Waals surface area contributed by atoms with Gasteiger partial charge in [-0.05, 0) is 19.1 Å². The summed E-state index contributed by atoms with van der Waals surface area (Å²) in [6.45, 7) is 1.71. The van der Waals surface area contributed by atoms with Crippen LogP contribution in [0.3, 0.4) is 0 Å². The standard InChI is InChI=1S/C13H15NO4S/c1-3-18-12(16)9-14(2)13(17)11-7-6-10(19-11)5-4-8-15/h6-7,15H,3,8-9H2,1-2H3. The molecule has 0 bridgehead atoms. The Hall–Kier alpha value is -1.84. The number of rotatable bonds is 4. The van der Waals surface area contributed by atoms with Gasteiger partial charge in [0.05, 0.1) is 16.4 Å². The summed E-state index contributed by atoms with van der Waals surface area (Å²) in [5, 5.41) is 8.59. The molecule has 0 fully saturated rings. The van der Waals surface area contributed by atoms with Crippen LogP contribution in [0.5, 0.6) is 0 Å². The summed E-state index contributed by atoms with van der Waals surface area (Å²) in [6, 6.07) is 3.36. The van der Waals surface area contributed by atoms with Crippen molar-refractivity contribution in [3.8, 4) is 11.8 Å². The van der Waals surface area contributed by atoms with E-state index in [1.807, 2.05) is 0 Å². The van der Waals surface area contributed by atoms with Gasteiger partial charge >= 0.3 is 5.97 Å². The number of carbonyl (C=O) groups excluding carboxylic acids is 2. The van der Waals surface area contributed by atoms with Crippen molar-refractivity contribution >= 4 is 23.2 Å². The molecule has 1 N–H and O–H groups in total. The number of hydrogen-bond acceptors (Lipinski definition) is 5. The van der Waals surface area contributed by atoms with E-state index >= 15 is 0 Å². The van der Waals surface area contributed by atoms with Crippen molar-refractivity contribution < 1.29 is 19.4 Å². The zero-order chi connectivity index (χ0) is 14.3. The van der Waals surface area contributed by atoms with Crippen molar-refractivity contribution in [3.05, 3.63) is 21.9 Å². The second kappa shape index (κ2) is 7.56. The van der Waals surface area contributed by atoms with Crippen LogP contribution in [0.1, 0.15) is 21.5 Å². The molecule has 0 atom stereocenters. The molecule has 1 heterocycles. The van der Waals surface area contributed by atoms with Gasteiger partial charge in [-0.3, -0.25) is 9.59 Å². The third-order valence-corrected chi connectivity index (χ3v) is 3.11. The van der Waals surface area contributed by atoms with Gasteiger partial charge in [0, 0.05) is 7.05 Å². The van der Waals surface area contributed by atoms with E-state index in [9.17, 15) is 9.59 Å². The molecule has 102 valence electrons. The average Bonchev–Trinajstić information content (AvgIpc) is 2.84. The lowest BCUT2D eigenvalue weighted by Crippen LogP contribution is -2.32. The lowest BCUT2D eigenvalue weighted by molar-refractivity contribution is -0.143. The second-order valence-corrected chi connectivity index (χ2v) is 4.67. The minimum atomic E-state index is -0.435. The summed E-state index contributed by atoms with van der Waals surface area (Å²) < 4.78 is 4.78. The summed E-state index contributed by atoms with van der Waals surface area (Å²) in [4.78, 5) is 25.8. The fraction of sp³-hybridized carbons (Fsp3) is 0.385. The molecule has 5 nitrogen and oxygen atoms in total. The maximum Gasteiger partial charge on any atom is 0.325 e. The Kier molecular flexibility index (Phi) is 6.06. The van der Waals surface area contributed by atoms with Crippen LogP contribution in [0.25, 0.3) is 0 Å². The number of likely N-dealkylation sites (N-methyl/N-ethyl adjacent to an activating group) is 1. The van der Waals surface area contributed by atoms with Gasteiger partial charge in [-0.25, -0.2) is 0 Å². The third-order valence-electron chi connectivity index (χ3n) is 2.13. The molecule has 19 heavy (non-hydrogen) atoms. The molecule has 6 heteroatoms. The Labute approximate surface area is 115 Å². The number of thiophene rings is 1. The minimum Gasteiger partial charge on any atom is -0.465 e. The lowest BCUT2D eigenvalue weighted by Gasteiger charge is -2.14. The Morgan fingerprint density at radius 3 is 2.84 bits per heavy atom. The zero-order valence-corrected chi connectivity index (χ0v) is 11.6.